The first-order valence-corrected chi connectivity index (χ1v) is 7.37. The Morgan fingerprint density at radius 3 is 2.75 bits per heavy atom. The number of carbonyl (C=O) groups is 1. The van der Waals surface area contributed by atoms with Crippen LogP contribution in [0.3, 0.4) is 0 Å². The van der Waals surface area contributed by atoms with Crippen molar-refractivity contribution in [2.75, 3.05) is 23.9 Å². The number of phenols is 1. The van der Waals surface area contributed by atoms with Crippen LogP contribution in [0.4, 0.5) is 10.1 Å². The normalized spacial score (nSPS) is 22.8. The molecule has 0 aliphatic carbocycles. The fraction of sp³-hybridized carbons (Fsp3) is 0.417. The highest BCUT2D eigenvalue weighted by molar-refractivity contribution is 7.85. The second kappa shape index (κ2) is 5.02. The van der Waals surface area contributed by atoms with Crippen LogP contribution in [0.1, 0.15) is 5.56 Å². The van der Waals surface area contributed by atoms with Crippen LogP contribution in [0.5, 0.6) is 5.75 Å². The second-order valence-corrected chi connectivity index (χ2v) is 6.09. The van der Waals surface area contributed by atoms with Gasteiger partial charge in [-0.2, -0.15) is 0 Å². The van der Waals surface area contributed by atoms with Crippen molar-refractivity contribution in [3.63, 3.8) is 0 Å². The first-order valence-electron chi connectivity index (χ1n) is 6.26. The average molecular weight is 299 g/mol. The van der Waals surface area contributed by atoms with E-state index in [4.69, 9.17) is 0 Å². The van der Waals surface area contributed by atoms with Crippen molar-refractivity contribution in [3.05, 3.63) is 23.5 Å². The van der Waals surface area contributed by atoms with E-state index in [1.807, 2.05) is 0 Å². The molecule has 1 aromatic carbocycles. The Balaban J connectivity index is 1.94. The van der Waals surface area contributed by atoms with Crippen molar-refractivity contribution in [2.45, 2.75) is 6.42 Å². The van der Waals surface area contributed by atoms with Crippen molar-refractivity contribution in [1.29, 1.82) is 0 Å². The van der Waals surface area contributed by atoms with Gasteiger partial charge in [-0.3, -0.25) is 13.8 Å². The van der Waals surface area contributed by atoms with Crippen LogP contribution in [0.15, 0.2) is 12.1 Å². The number of halogens is 1. The van der Waals surface area contributed by atoms with Crippen LogP contribution in [0, 0.1) is 11.7 Å². The lowest BCUT2D eigenvalue weighted by atomic mass is 9.93. The molecule has 1 unspecified atom stereocenters. The summed E-state index contributed by atoms with van der Waals surface area (Å²) in [5.74, 6) is -1.02. The predicted octanol–water partition coefficient (Wildman–Crippen LogP) is -0.192. The molecule has 0 radical (unpaired) electrons. The van der Waals surface area contributed by atoms with Gasteiger partial charge < -0.3 is 10.4 Å². The Morgan fingerprint density at radius 2 is 2.20 bits per heavy atom. The summed E-state index contributed by atoms with van der Waals surface area (Å²) in [5.41, 5.74) is 0.284. The Kier molecular flexibility index (Phi) is 3.35. The summed E-state index contributed by atoms with van der Waals surface area (Å²) in [6.07, 6.45) is 0.550. The highest BCUT2D eigenvalue weighted by atomic mass is 32.2. The Hall–Kier alpha value is -1.67. The second-order valence-electron chi connectivity index (χ2n) is 4.95. The average Bonchev–Trinajstić information content (AvgIpc) is 2.65. The standard InChI is InChI=1S/C12H14FN3O3S/c13-11-8(3-7-4-14-5-7)1-2-9(17)12(11)16-6-10(18)15-20(16)19/h1-2,7,14,17H,3-6H2,(H,15,18). The van der Waals surface area contributed by atoms with Crippen LogP contribution < -0.4 is 14.3 Å². The fourth-order valence-electron chi connectivity index (χ4n) is 2.33. The number of carbonyl (C=O) groups excluding carboxylic acids is 1. The molecule has 2 aliphatic rings. The molecule has 3 N–H and O–H groups in total. The molecule has 1 aromatic rings. The third-order valence-corrected chi connectivity index (χ3v) is 4.60. The van der Waals surface area contributed by atoms with E-state index in [0.717, 1.165) is 17.4 Å². The van der Waals surface area contributed by atoms with E-state index in [2.05, 4.69) is 10.0 Å². The Labute approximate surface area is 117 Å². The van der Waals surface area contributed by atoms with Crippen LogP contribution >= 0.6 is 0 Å². The molecular weight excluding hydrogens is 285 g/mol. The SMILES string of the molecule is O=C1CN(c2c(O)ccc(CC3CNC3)c2F)S(=O)N1. The molecule has 1 atom stereocenters. The lowest BCUT2D eigenvalue weighted by Gasteiger charge is -2.27. The van der Waals surface area contributed by atoms with Gasteiger partial charge in [-0.1, -0.05) is 6.07 Å². The molecule has 1 amide bonds. The van der Waals surface area contributed by atoms with Crippen molar-refractivity contribution in [2.24, 2.45) is 5.92 Å². The van der Waals surface area contributed by atoms with Gasteiger partial charge in [0.15, 0.2) is 5.82 Å². The largest absolute Gasteiger partial charge is 0.506 e. The summed E-state index contributed by atoms with van der Waals surface area (Å²) in [6, 6.07) is 2.90. The molecule has 0 aromatic heterocycles. The molecule has 20 heavy (non-hydrogen) atoms. The maximum absolute atomic E-state index is 14.5. The Bertz CT molecular complexity index is 592. The molecule has 2 fully saturated rings. The molecule has 8 heteroatoms. The van der Waals surface area contributed by atoms with Crippen molar-refractivity contribution in [1.82, 2.24) is 10.0 Å². The Morgan fingerprint density at radius 1 is 1.45 bits per heavy atom. The van der Waals surface area contributed by atoms with E-state index in [9.17, 15) is 18.5 Å². The van der Waals surface area contributed by atoms with E-state index in [-0.39, 0.29) is 18.0 Å². The van der Waals surface area contributed by atoms with E-state index in [1.165, 1.54) is 12.1 Å². The van der Waals surface area contributed by atoms with E-state index in [0.29, 0.717) is 17.9 Å². The molecule has 6 nitrogen and oxygen atoms in total. The minimum Gasteiger partial charge on any atom is -0.506 e. The maximum atomic E-state index is 14.5. The number of benzene rings is 1. The number of anilines is 1. The third kappa shape index (κ3) is 2.25. The minimum absolute atomic E-state index is 0.175. The zero-order valence-electron chi connectivity index (χ0n) is 10.6. The number of amides is 1. The van der Waals surface area contributed by atoms with E-state index >= 15 is 0 Å². The quantitative estimate of drug-likeness (QED) is 0.722. The molecule has 2 aliphatic heterocycles. The lowest BCUT2D eigenvalue weighted by molar-refractivity contribution is -0.117. The first kappa shape index (κ1) is 13.3. The van der Waals surface area contributed by atoms with Crippen molar-refractivity contribution < 1.29 is 18.5 Å². The number of hydrogen-bond acceptors (Lipinski definition) is 4. The van der Waals surface area contributed by atoms with Gasteiger partial charge in [-0.25, -0.2) is 8.60 Å². The topological polar surface area (TPSA) is 81.7 Å². The molecule has 0 saturated carbocycles. The number of rotatable bonds is 3. The summed E-state index contributed by atoms with van der Waals surface area (Å²) in [7, 11) is 0. The summed E-state index contributed by atoms with van der Waals surface area (Å²) in [5, 5.41) is 12.9. The molecule has 2 saturated heterocycles. The first-order chi connectivity index (χ1) is 9.56. The van der Waals surface area contributed by atoms with Crippen LogP contribution in [-0.4, -0.2) is 34.9 Å². The molecule has 108 valence electrons. The minimum atomic E-state index is -1.85. The fourth-order valence-corrected chi connectivity index (χ4v) is 3.27. The number of nitrogens with one attached hydrogen (secondary N) is 2. The van der Waals surface area contributed by atoms with Gasteiger partial charge >= 0.3 is 0 Å². The molecule has 2 heterocycles. The summed E-state index contributed by atoms with van der Waals surface area (Å²) in [6.45, 7) is 1.45. The zero-order chi connectivity index (χ0) is 14.3. The van der Waals surface area contributed by atoms with Crippen LogP contribution in [0.2, 0.25) is 0 Å². The van der Waals surface area contributed by atoms with Gasteiger partial charge in [0, 0.05) is 0 Å². The van der Waals surface area contributed by atoms with Gasteiger partial charge in [0.05, 0.1) is 0 Å². The number of nitrogens with zero attached hydrogens (tertiary/aromatic N) is 1. The summed E-state index contributed by atoms with van der Waals surface area (Å²) in [4.78, 5) is 11.2. The van der Waals surface area contributed by atoms with Crippen molar-refractivity contribution in [3.8, 4) is 5.75 Å². The molecule has 3 rings (SSSR count). The van der Waals surface area contributed by atoms with Gasteiger partial charge in [0.25, 0.3) is 5.91 Å². The maximum Gasteiger partial charge on any atom is 0.253 e. The van der Waals surface area contributed by atoms with E-state index < -0.39 is 22.9 Å². The number of hydrogen-bond donors (Lipinski definition) is 3. The predicted molar refractivity (Wildman–Crippen MR) is 71.8 cm³/mol. The smallest absolute Gasteiger partial charge is 0.253 e. The van der Waals surface area contributed by atoms with Crippen LogP contribution in [-0.2, 0) is 22.4 Å². The van der Waals surface area contributed by atoms with Gasteiger partial charge in [0.2, 0.25) is 11.2 Å². The highest BCUT2D eigenvalue weighted by Gasteiger charge is 2.32. The van der Waals surface area contributed by atoms with Gasteiger partial charge in [-0.05, 0) is 37.1 Å². The lowest BCUT2D eigenvalue weighted by Crippen LogP contribution is -2.43. The number of aromatic hydroxyl groups is 1. The van der Waals surface area contributed by atoms with Crippen molar-refractivity contribution >= 4 is 22.8 Å². The molecular formula is C12H14FN3O3S. The molecule has 0 bridgehead atoms. The monoisotopic (exact) mass is 299 g/mol. The highest BCUT2D eigenvalue weighted by Crippen LogP contribution is 2.35. The zero-order valence-corrected chi connectivity index (χ0v) is 11.4. The number of phenolic OH excluding ortho intramolecular Hbond substituents is 1. The van der Waals surface area contributed by atoms with Gasteiger partial charge in [0.1, 0.15) is 18.0 Å². The third-order valence-electron chi connectivity index (χ3n) is 3.49. The van der Waals surface area contributed by atoms with Crippen LogP contribution in [0.25, 0.3) is 0 Å². The van der Waals surface area contributed by atoms with Gasteiger partial charge in [-0.15, -0.1) is 0 Å². The summed E-state index contributed by atoms with van der Waals surface area (Å²) >= 11 is -1.85. The van der Waals surface area contributed by atoms with E-state index in [1.54, 1.807) is 0 Å². The molecule has 0 spiro atoms. The summed E-state index contributed by atoms with van der Waals surface area (Å²) < 4.78 is 29.4.